The Kier molecular flexibility index (Phi) is 6.19. The van der Waals surface area contributed by atoms with E-state index in [0.717, 1.165) is 24.3 Å². The molecule has 2 rings (SSSR count). The Bertz CT molecular complexity index is 842. The monoisotopic (exact) mass is 385 g/mol. The van der Waals surface area contributed by atoms with Crippen molar-refractivity contribution in [2.24, 2.45) is 10.4 Å². The Labute approximate surface area is 153 Å². The lowest BCUT2D eigenvalue weighted by atomic mass is 9.97. The summed E-state index contributed by atoms with van der Waals surface area (Å²) in [7, 11) is 0. The van der Waals surface area contributed by atoms with Gasteiger partial charge in [0.15, 0.2) is 17.5 Å². The van der Waals surface area contributed by atoms with E-state index in [-0.39, 0.29) is 22.8 Å². The molecule has 0 bridgehead atoms. The molecule has 0 saturated carbocycles. The number of carbonyl (C=O) groups is 1. The van der Waals surface area contributed by atoms with Gasteiger partial charge in [-0.2, -0.15) is 5.10 Å². The van der Waals surface area contributed by atoms with Gasteiger partial charge in [0.2, 0.25) is 5.96 Å². The van der Waals surface area contributed by atoms with Crippen LogP contribution >= 0.6 is 0 Å². The molecule has 1 aromatic carbocycles. The lowest BCUT2D eigenvalue weighted by Gasteiger charge is -2.16. The van der Waals surface area contributed by atoms with E-state index in [9.17, 15) is 22.4 Å². The van der Waals surface area contributed by atoms with Crippen molar-refractivity contribution < 1.29 is 22.4 Å². The average Bonchev–Trinajstić information content (AvgIpc) is 3.03. The number of aromatic nitrogens is 2. The molecular formula is C17H19F4N5O. The van der Waals surface area contributed by atoms with Crippen molar-refractivity contribution in [1.29, 1.82) is 0 Å². The van der Waals surface area contributed by atoms with E-state index in [0.29, 0.717) is 6.54 Å². The van der Waals surface area contributed by atoms with Crippen molar-refractivity contribution >= 4 is 17.7 Å². The number of nitrogens with zero attached hydrogens (tertiary/aromatic N) is 2. The van der Waals surface area contributed by atoms with Gasteiger partial charge < -0.3 is 5.32 Å². The Balaban J connectivity index is 2.20. The highest BCUT2D eigenvalue weighted by Gasteiger charge is 2.16. The molecular weight excluding hydrogens is 366 g/mol. The highest BCUT2D eigenvalue weighted by molar-refractivity contribution is 6.09. The number of halogens is 4. The Morgan fingerprint density at radius 2 is 1.93 bits per heavy atom. The first-order valence-corrected chi connectivity index (χ1v) is 7.96. The van der Waals surface area contributed by atoms with Crippen LogP contribution < -0.4 is 10.6 Å². The summed E-state index contributed by atoms with van der Waals surface area (Å²) in [4.78, 5) is 16.5. The molecule has 0 radical (unpaired) electrons. The molecule has 1 amide bonds. The molecule has 0 aliphatic rings. The second-order valence-corrected chi connectivity index (χ2v) is 6.94. The van der Waals surface area contributed by atoms with Crippen LogP contribution in [0.3, 0.4) is 0 Å². The van der Waals surface area contributed by atoms with E-state index in [1.807, 2.05) is 20.8 Å². The van der Waals surface area contributed by atoms with Crippen LogP contribution in [0.2, 0.25) is 0 Å². The van der Waals surface area contributed by atoms with Gasteiger partial charge in [-0.1, -0.05) is 20.8 Å². The highest BCUT2D eigenvalue weighted by Crippen LogP contribution is 2.19. The number of benzene rings is 1. The molecule has 10 heteroatoms. The second kappa shape index (κ2) is 8.19. The lowest BCUT2D eigenvalue weighted by molar-refractivity contribution is 0.0976. The zero-order valence-electron chi connectivity index (χ0n) is 14.9. The van der Waals surface area contributed by atoms with Crippen LogP contribution in [0, 0.1) is 17.0 Å². The first-order chi connectivity index (χ1) is 12.5. The van der Waals surface area contributed by atoms with E-state index in [4.69, 9.17) is 0 Å². The number of H-pyrrole nitrogens is 1. The van der Waals surface area contributed by atoms with E-state index in [2.05, 4.69) is 25.8 Å². The molecule has 0 aliphatic heterocycles. The number of nitrogens with one attached hydrogen (secondary N) is 3. The third kappa shape index (κ3) is 6.08. The van der Waals surface area contributed by atoms with Gasteiger partial charge >= 0.3 is 0 Å². The number of anilines is 1. The maximum atomic E-state index is 13.3. The van der Waals surface area contributed by atoms with Crippen molar-refractivity contribution in [3.63, 3.8) is 0 Å². The normalized spacial score (nSPS) is 12.4. The topological polar surface area (TPSA) is 82.2 Å². The van der Waals surface area contributed by atoms with Crippen LogP contribution in [0.5, 0.6) is 0 Å². The Morgan fingerprint density at radius 3 is 2.48 bits per heavy atom. The largest absolute Gasteiger partial charge is 0.309 e. The van der Waals surface area contributed by atoms with Crippen molar-refractivity contribution in [3.05, 3.63) is 47.2 Å². The zero-order valence-corrected chi connectivity index (χ0v) is 14.9. The smallest absolute Gasteiger partial charge is 0.279 e. The quantitative estimate of drug-likeness (QED) is 0.425. The van der Waals surface area contributed by atoms with Gasteiger partial charge in [0, 0.05) is 18.2 Å². The standard InChI is InChI=1S/C17H19F4N5O/c1-17(2,3)8-22-16(23-13-7-12(14(20)21)25-26-13)24-15(27)9-4-5-10(18)11(19)6-9/h4-7,14H,8H2,1-3H3,(H3,22,23,24,25,26,27). The van der Waals surface area contributed by atoms with Gasteiger partial charge in [0.1, 0.15) is 5.69 Å². The van der Waals surface area contributed by atoms with Crippen molar-refractivity contribution in [1.82, 2.24) is 15.5 Å². The van der Waals surface area contributed by atoms with Crippen molar-refractivity contribution in [2.75, 3.05) is 11.9 Å². The van der Waals surface area contributed by atoms with Gasteiger partial charge in [0.25, 0.3) is 12.3 Å². The molecule has 0 atom stereocenters. The summed E-state index contributed by atoms with van der Waals surface area (Å²) >= 11 is 0. The summed E-state index contributed by atoms with van der Waals surface area (Å²) in [5.74, 6) is -3.05. The highest BCUT2D eigenvalue weighted by atomic mass is 19.3. The Hall–Kier alpha value is -2.91. The molecule has 0 aliphatic carbocycles. The minimum Gasteiger partial charge on any atom is -0.309 e. The van der Waals surface area contributed by atoms with Gasteiger partial charge in [-0.15, -0.1) is 0 Å². The minimum absolute atomic E-state index is 0.0172. The van der Waals surface area contributed by atoms with E-state index < -0.39 is 29.7 Å². The predicted molar refractivity (Wildman–Crippen MR) is 92.7 cm³/mol. The summed E-state index contributed by atoms with van der Waals surface area (Å²) < 4.78 is 51.7. The number of rotatable bonds is 4. The van der Waals surface area contributed by atoms with Crippen LogP contribution in [-0.4, -0.2) is 28.6 Å². The van der Waals surface area contributed by atoms with E-state index in [1.54, 1.807) is 0 Å². The Morgan fingerprint density at radius 1 is 1.22 bits per heavy atom. The number of aromatic amines is 1. The number of guanidine groups is 1. The van der Waals surface area contributed by atoms with Crippen LogP contribution in [-0.2, 0) is 0 Å². The number of hydrogen-bond acceptors (Lipinski definition) is 3. The summed E-state index contributed by atoms with van der Waals surface area (Å²) in [5, 5.41) is 10.9. The van der Waals surface area contributed by atoms with Gasteiger partial charge in [0.05, 0.1) is 0 Å². The summed E-state index contributed by atoms with van der Waals surface area (Å²) in [5.41, 5.74) is -0.756. The van der Waals surface area contributed by atoms with E-state index in [1.165, 1.54) is 0 Å². The molecule has 0 unspecified atom stereocenters. The number of alkyl halides is 2. The molecule has 27 heavy (non-hydrogen) atoms. The van der Waals surface area contributed by atoms with Crippen molar-refractivity contribution in [3.8, 4) is 0 Å². The summed E-state index contributed by atoms with van der Waals surface area (Å²) in [6.07, 6.45) is -2.74. The lowest BCUT2D eigenvalue weighted by Crippen LogP contribution is -2.37. The first-order valence-electron chi connectivity index (χ1n) is 7.96. The molecule has 0 spiro atoms. The number of hydrogen-bond donors (Lipinski definition) is 3. The minimum atomic E-state index is -2.74. The summed E-state index contributed by atoms with van der Waals surface area (Å²) in [6, 6.07) is 3.75. The van der Waals surface area contributed by atoms with Crippen LogP contribution in [0.25, 0.3) is 0 Å². The zero-order chi connectivity index (χ0) is 20.2. The average molecular weight is 385 g/mol. The number of aliphatic imine (C=N–C) groups is 1. The number of carbonyl (C=O) groups excluding carboxylic acids is 1. The molecule has 2 aromatic rings. The van der Waals surface area contributed by atoms with Crippen LogP contribution in [0.1, 0.15) is 43.2 Å². The second-order valence-electron chi connectivity index (χ2n) is 6.94. The van der Waals surface area contributed by atoms with Crippen LogP contribution in [0.4, 0.5) is 23.4 Å². The molecule has 1 heterocycles. The molecule has 0 saturated heterocycles. The van der Waals surface area contributed by atoms with Gasteiger partial charge in [-0.3, -0.25) is 20.2 Å². The molecule has 3 N–H and O–H groups in total. The molecule has 6 nitrogen and oxygen atoms in total. The van der Waals surface area contributed by atoms with Crippen molar-refractivity contribution in [2.45, 2.75) is 27.2 Å². The fourth-order valence-corrected chi connectivity index (χ4v) is 1.88. The molecule has 0 fully saturated rings. The maximum absolute atomic E-state index is 13.3. The van der Waals surface area contributed by atoms with Gasteiger partial charge in [-0.05, 0) is 23.6 Å². The number of amides is 1. The molecule has 146 valence electrons. The molecule has 1 aromatic heterocycles. The maximum Gasteiger partial charge on any atom is 0.279 e. The predicted octanol–water partition coefficient (Wildman–Crippen LogP) is 3.87. The SMILES string of the molecule is CC(C)(C)CN=C(NC(=O)c1ccc(F)c(F)c1)Nc1cc(C(F)F)[nH]n1. The third-order valence-corrected chi connectivity index (χ3v) is 3.20. The third-order valence-electron chi connectivity index (χ3n) is 3.20. The fraction of sp³-hybridized carbons (Fsp3) is 0.353. The summed E-state index contributed by atoms with van der Waals surface area (Å²) in [6.45, 7) is 6.03. The fourth-order valence-electron chi connectivity index (χ4n) is 1.88. The van der Waals surface area contributed by atoms with Crippen LogP contribution in [0.15, 0.2) is 29.3 Å². The van der Waals surface area contributed by atoms with E-state index >= 15 is 0 Å². The first kappa shape index (κ1) is 20.4. The van der Waals surface area contributed by atoms with Gasteiger partial charge in [-0.25, -0.2) is 17.6 Å².